The first-order valence-electron chi connectivity index (χ1n) is 6.91. The summed E-state index contributed by atoms with van der Waals surface area (Å²) in [4.78, 5) is 13.8. The van der Waals surface area contributed by atoms with Gasteiger partial charge in [-0.1, -0.05) is 0 Å². The number of carbonyl (C=O) groups excluding carboxylic acids is 1. The van der Waals surface area contributed by atoms with Gasteiger partial charge in [-0.3, -0.25) is 4.79 Å². The molecule has 1 aliphatic heterocycles. The van der Waals surface area contributed by atoms with Gasteiger partial charge in [-0.2, -0.15) is 13.2 Å². The van der Waals surface area contributed by atoms with E-state index in [2.05, 4.69) is 5.32 Å². The summed E-state index contributed by atoms with van der Waals surface area (Å²) in [6.45, 7) is 5.20. The van der Waals surface area contributed by atoms with E-state index >= 15 is 0 Å². The minimum Gasteiger partial charge on any atom is -0.341 e. The molecule has 19 heavy (non-hydrogen) atoms. The number of amides is 1. The van der Waals surface area contributed by atoms with E-state index in [9.17, 15) is 18.0 Å². The van der Waals surface area contributed by atoms with Crippen LogP contribution >= 0.6 is 0 Å². The Morgan fingerprint density at radius 3 is 2.37 bits per heavy atom. The maximum absolute atomic E-state index is 12.0. The van der Waals surface area contributed by atoms with Crippen molar-refractivity contribution in [3.05, 3.63) is 0 Å². The van der Waals surface area contributed by atoms with Crippen molar-refractivity contribution in [2.45, 2.75) is 64.2 Å². The first-order valence-corrected chi connectivity index (χ1v) is 6.91. The summed E-state index contributed by atoms with van der Waals surface area (Å²) in [6.07, 6.45) is -2.23. The molecule has 2 unspecified atom stereocenters. The van der Waals surface area contributed by atoms with Crippen LogP contribution in [0.2, 0.25) is 0 Å². The highest BCUT2D eigenvalue weighted by atomic mass is 19.4. The summed E-state index contributed by atoms with van der Waals surface area (Å²) in [5.74, 6) is 0.0557. The molecule has 1 amide bonds. The normalized spacial score (nSPS) is 19.5. The Hall–Kier alpha value is -0.780. The molecule has 6 heteroatoms. The highest BCUT2D eigenvalue weighted by Crippen LogP contribution is 2.22. The molecular formula is C13H23F3N2O. The quantitative estimate of drug-likeness (QED) is 0.811. The van der Waals surface area contributed by atoms with Gasteiger partial charge in [-0.05, 0) is 39.5 Å². The van der Waals surface area contributed by atoms with Crippen molar-refractivity contribution in [1.29, 1.82) is 0 Å². The number of alkyl halides is 3. The summed E-state index contributed by atoms with van der Waals surface area (Å²) < 4.78 is 36.1. The molecule has 1 heterocycles. The van der Waals surface area contributed by atoms with Crippen molar-refractivity contribution in [2.75, 3.05) is 13.1 Å². The fourth-order valence-corrected chi connectivity index (χ4v) is 2.40. The van der Waals surface area contributed by atoms with Gasteiger partial charge in [0.2, 0.25) is 5.91 Å². The average molecular weight is 280 g/mol. The molecule has 0 aliphatic carbocycles. The molecule has 1 aliphatic rings. The Balaban J connectivity index is 2.23. The molecule has 3 nitrogen and oxygen atoms in total. The fraction of sp³-hybridized carbons (Fsp3) is 0.923. The van der Waals surface area contributed by atoms with Gasteiger partial charge in [0, 0.05) is 25.6 Å². The third-order valence-electron chi connectivity index (χ3n) is 3.42. The molecular weight excluding hydrogens is 257 g/mol. The molecule has 0 aromatic heterocycles. The van der Waals surface area contributed by atoms with Gasteiger partial charge in [0.05, 0.1) is 6.04 Å². The van der Waals surface area contributed by atoms with E-state index in [-0.39, 0.29) is 24.4 Å². The third-order valence-corrected chi connectivity index (χ3v) is 3.42. The van der Waals surface area contributed by atoms with Crippen LogP contribution in [0.3, 0.4) is 0 Å². The lowest BCUT2D eigenvalue weighted by molar-refractivity contribution is -0.136. The van der Waals surface area contributed by atoms with Crippen LogP contribution in [0.1, 0.15) is 46.0 Å². The Morgan fingerprint density at radius 2 is 1.84 bits per heavy atom. The number of carbonyl (C=O) groups is 1. The third kappa shape index (κ3) is 6.27. The SMILES string of the molecule is CC(CCCC(F)(F)F)NC(C)C(=O)N1CCCC1. The molecule has 0 bridgehead atoms. The van der Waals surface area contributed by atoms with Crippen molar-refractivity contribution < 1.29 is 18.0 Å². The van der Waals surface area contributed by atoms with Crippen molar-refractivity contribution in [1.82, 2.24) is 10.2 Å². The molecule has 1 saturated heterocycles. The molecule has 1 fully saturated rings. The van der Waals surface area contributed by atoms with Crippen molar-refractivity contribution in [3.8, 4) is 0 Å². The summed E-state index contributed by atoms with van der Waals surface area (Å²) in [5, 5.41) is 3.08. The van der Waals surface area contributed by atoms with E-state index < -0.39 is 12.6 Å². The van der Waals surface area contributed by atoms with Crippen LogP contribution in [0, 0.1) is 0 Å². The molecule has 112 valence electrons. The second-order valence-electron chi connectivity index (χ2n) is 5.33. The summed E-state index contributed by atoms with van der Waals surface area (Å²) in [6, 6.07) is -0.400. The molecule has 0 aromatic rings. The minimum absolute atomic E-state index is 0.0557. The van der Waals surface area contributed by atoms with Gasteiger partial charge in [-0.25, -0.2) is 0 Å². The first kappa shape index (κ1) is 16.3. The smallest absolute Gasteiger partial charge is 0.341 e. The van der Waals surface area contributed by atoms with E-state index in [1.54, 1.807) is 6.92 Å². The van der Waals surface area contributed by atoms with E-state index in [0.717, 1.165) is 25.9 Å². The molecule has 1 N–H and O–H groups in total. The molecule has 0 aromatic carbocycles. The van der Waals surface area contributed by atoms with Gasteiger partial charge in [-0.15, -0.1) is 0 Å². The predicted molar refractivity (Wildman–Crippen MR) is 67.8 cm³/mol. The maximum atomic E-state index is 12.0. The highest BCUT2D eigenvalue weighted by Gasteiger charge is 2.27. The molecule has 0 radical (unpaired) electrons. The van der Waals surface area contributed by atoms with Crippen LogP contribution in [0.4, 0.5) is 13.2 Å². The van der Waals surface area contributed by atoms with E-state index in [4.69, 9.17) is 0 Å². The van der Waals surface area contributed by atoms with Gasteiger partial charge in [0.15, 0.2) is 0 Å². The van der Waals surface area contributed by atoms with Crippen LogP contribution in [0.15, 0.2) is 0 Å². The second-order valence-corrected chi connectivity index (χ2v) is 5.33. The van der Waals surface area contributed by atoms with Crippen molar-refractivity contribution in [2.24, 2.45) is 0 Å². The zero-order chi connectivity index (χ0) is 14.5. The lowest BCUT2D eigenvalue weighted by atomic mass is 10.1. The summed E-state index contributed by atoms with van der Waals surface area (Å²) in [7, 11) is 0. The zero-order valence-corrected chi connectivity index (χ0v) is 11.6. The van der Waals surface area contributed by atoms with Crippen LogP contribution in [-0.2, 0) is 4.79 Å². The molecule has 0 spiro atoms. The van der Waals surface area contributed by atoms with Crippen LogP contribution in [0.25, 0.3) is 0 Å². The number of nitrogens with zero attached hydrogens (tertiary/aromatic N) is 1. The first-order chi connectivity index (χ1) is 8.79. The Kier molecular flexibility index (Phi) is 6.10. The number of hydrogen-bond donors (Lipinski definition) is 1. The number of rotatable bonds is 6. The standard InChI is InChI=1S/C13H23F3N2O/c1-10(6-5-7-13(14,15)16)17-11(2)12(19)18-8-3-4-9-18/h10-11,17H,3-9H2,1-2H3. The van der Waals surface area contributed by atoms with E-state index in [1.807, 2.05) is 11.8 Å². The number of likely N-dealkylation sites (tertiary alicyclic amines) is 1. The van der Waals surface area contributed by atoms with Crippen LogP contribution < -0.4 is 5.32 Å². The lowest BCUT2D eigenvalue weighted by Gasteiger charge is -2.24. The Morgan fingerprint density at radius 1 is 1.26 bits per heavy atom. The zero-order valence-electron chi connectivity index (χ0n) is 11.6. The van der Waals surface area contributed by atoms with Crippen LogP contribution in [-0.4, -0.2) is 42.2 Å². The Labute approximate surface area is 112 Å². The monoisotopic (exact) mass is 280 g/mol. The van der Waals surface area contributed by atoms with Crippen LogP contribution in [0.5, 0.6) is 0 Å². The van der Waals surface area contributed by atoms with Gasteiger partial charge < -0.3 is 10.2 Å². The maximum Gasteiger partial charge on any atom is 0.389 e. The van der Waals surface area contributed by atoms with Gasteiger partial charge in [0.1, 0.15) is 0 Å². The average Bonchev–Trinajstić information content (AvgIpc) is 2.79. The van der Waals surface area contributed by atoms with Crippen molar-refractivity contribution in [3.63, 3.8) is 0 Å². The summed E-state index contributed by atoms with van der Waals surface area (Å²) in [5.41, 5.74) is 0. The predicted octanol–water partition coefficient (Wildman–Crippen LogP) is 2.71. The second kappa shape index (κ2) is 7.12. The van der Waals surface area contributed by atoms with E-state index in [1.165, 1.54) is 0 Å². The number of nitrogens with one attached hydrogen (secondary N) is 1. The molecule has 0 saturated carbocycles. The fourth-order valence-electron chi connectivity index (χ4n) is 2.40. The Bertz CT molecular complexity index is 288. The topological polar surface area (TPSA) is 32.3 Å². The van der Waals surface area contributed by atoms with E-state index in [0.29, 0.717) is 6.42 Å². The largest absolute Gasteiger partial charge is 0.389 e. The number of hydrogen-bond acceptors (Lipinski definition) is 2. The summed E-state index contributed by atoms with van der Waals surface area (Å²) >= 11 is 0. The lowest BCUT2D eigenvalue weighted by Crippen LogP contribution is -2.46. The minimum atomic E-state index is -4.09. The molecule has 2 atom stereocenters. The number of halogens is 3. The highest BCUT2D eigenvalue weighted by molar-refractivity contribution is 5.81. The van der Waals surface area contributed by atoms with Crippen molar-refractivity contribution >= 4 is 5.91 Å². The van der Waals surface area contributed by atoms with Gasteiger partial charge in [0.25, 0.3) is 0 Å². The van der Waals surface area contributed by atoms with Gasteiger partial charge >= 0.3 is 6.18 Å². The molecule has 1 rings (SSSR count).